The van der Waals surface area contributed by atoms with Gasteiger partial charge in [0.2, 0.25) is 0 Å². The smallest absolute Gasteiger partial charge is 0.295 e. The summed E-state index contributed by atoms with van der Waals surface area (Å²) in [5, 5.41) is 11.4. The molecule has 0 aromatic heterocycles. The van der Waals surface area contributed by atoms with E-state index in [9.17, 15) is 14.7 Å². The molecule has 1 unspecified atom stereocenters. The van der Waals surface area contributed by atoms with Crippen LogP contribution in [0.5, 0.6) is 5.75 Å². The number of ether oxygens (including phenoxy) is 1. The fraction of sp³-hybridized carbons (Fsp3) is 0.333. The first-order chi connectivity index (χ1) is 14.9. The van der Waals surface area contributed by atoms with Crippen molar-refractivity contribution in [2.45, 2.75) is 19.9 Å². The predicted molar refractivity (Wildman–Crippen MR) is 121 cm³/mol. The summed E-state index contributed by atoms with van der Waals surface area (Å²) in [6, 6.07) is 13.4. The third-order valence-corrected chi connectivity index (χ3v) is 5.97. The van der Waals surface area contributed by atoms with Crippen LogP contribution in [0.2, 0.25) is 5.02 Å². The Morgan fingerprint density at radius 1 is 1.13 bits per heavy atom. The molecular formula is C24H27ClN2O4. The minimum absolute atomic E-state index is 0.0332. The number of hydrogen-bond acceptors (Lipinski definition) is 5. The highest BCUT2D eigenvalue weighted by Gasteiger charge is 2.46. The number of likely N-dealkylation sites (N-methyl/N-ethyl adjacent to an activating group) is 1. The lowest BCUT2D eigenvalue weighted by atomic mass is 9.95. The van der Waals surface area contributed by atoms with E-state index in [0.717, 1.165) is 18.7 Å². The minimum atomic E-state index is -0.718. The van der Waals surface area contributed by atoms with Gasteiger partial charge in [-0.05, 0) is 36.9 Å². The molecule has 7 heteroatoms. The topological polar surface area (TPSA) is 70.1 Å². The highest BCUT2D eigenvalue weighted by molar-refractivity contribution is 6.47. The first-order valence-corrected chi connectivity index (χ1v) is 10.7. The van der Waals surface area contributed by atoms with Crippen molar-refractivity contribution < 1.29 is 19.4 Å². The monoisotopic (exact) mass is 442 g/mol. The maximum Gasteiger partial charge on any atom is 0.295 e. The first-order valence-electron chi connectivity index (χ1n) is 10.3. The van der Waals surface area contributed by atoms with E-state index < -0.39 is 17.7 Å². The van der Waals surface area contributed by atoms with Crippen LogP contribution in [0.1, 0.15) is 31.0 Å². The number of rotatable bonds is 8. The fourth-order valence-electron chi connectivity index (χ4n) is 3.84. The Balaban J connectivity index is 2.12. The molecule has 0 saturated carbocycles. The van der Waals surface area contributed by atoms with Gasteiger partial charge in [-0.25, -0.2) is 0 Å². The molecule has 1 atom stereocenters. The third-order valence-electron chi connectivity index (χ3n) is 5.64. The number of carbonyl (C=O) groups excluding carboxylic acids is 2. The number of benzene rings is 2. The van der Waals surface area contributed by atoms with Crippen molar-refractivity contribution in [1.82, 2.24) is 9.80 Å². The number of Topliss-reactive ketones (excluding diaryl/α,β-unsaturated/α-hetero) is 1. The highest BCUT2D eigenvalue weighted by atomic mass is 35.5. The number of ketones is 1. The molecule has 1 aliphatic heterocycles. The van der Waals surface area contributed by atoms with Crippen LogP contribution in [-0.2, 0) is 9.59 Å². The molecule has 0 radical (unpaired) electrons. The van der Waals surface area contributed by atoms with E-state index in [-0.39, 0.29) is 21.9 Å². The average molecular weight is 443 g/mol. The van der Waals surface area contributed by atoms with Crippen LogP contribution in [0.4, 0.5) is 0 Å². The zero-order valence-corrected chi connectivity index (χ0v) is 18.7. The molecule has 6 nitrogen and oxygen atoms in total. The van der Waals surface area contributed by atoms with Gasteiger partial charge in [0.15, 0.2) is 0 Å². The van der Waals surface area contributed by atoms with Gasteiger partial charge in [-0.2, -0.15) is 0 Å². The number of carbonyl (C=O) groups is 2. The summed E-state index contributed by atoms with van der Waals surface area (Å²) >= 11 is 6.31. The largest absolute Gasteiger partial charge is 0.507 e. The normalized spacial score (nSPS) is 18.1. The van der Waals surface area contributed by atoms with Crippen LogP contribution in [-0.4, -0.2) is 59.9 Å². The molecule has 3 rings (SSSR count). The van der Waals surface area contributed by atoms with E-state index in [0.29, 0.717) is 18.8 Å². The lowest BCUT2D eigenvalue weighted by Crippen LogP contribution is -2.38. The van der Waals surface area contributed by atoms with Gasteiger partial charge in [0.05, 0.1) is 23.7 Å². The molecule has 31 heavy (non-hydrogen) atoms. The van der Waals surface area contributed by atoms with E-state index in [4.69, 9.17) is 16.3 Å². The van der Waals surface area contributed by atoms with Crippen LogP contribution in [0.15, 0.2) is 54.1 Å². The lowest BCUT2D eigenvalue weighted by molar-refractivity contribution is -0.140. The van der Waals surface area contributed by atoms with Crippen LogP contribution in [0.3, 0.4) is 0 Å². The molecule has 0 spiro atoms. The zero-order chi connectivity index (χ0) is 22.5. The molecule has 0 bridgehead atoms. The molecule has 1 amide bonds. The Morgan fingerprint density at radius 2 is 1.81 bits per heavy atom. The van der Waals surface area contributed by atoms with Crippen molar-refractivity contribution in [1.29, 1.82) is 0 Å². The number of likely N-dealkylation sites (tertiary alicyclic amines) is 1. The maximum atomic E-state index is 13.1. The number of nitrogens with zero attached hydrogens (tertiary/aromatic N) is 2. The maximum absolute atomic E-state index is 13.1. The number of aliphatic hydroxyl groups excluding tert-OH is 1. The highest BCUT2D eigenvalue weighted by Crippen LogP contribution is 2.40. The second-order valence-electron chi connectivity index (χ2n) is 7.28. The van der Waals surface area contributed by atoms with Gasteiger partial charge in [0.1, 0.15) is 11.5 Å². The van der Waals surface area contributed by atoms with Gasteiger partial charge in [-0.1, -0.05) is 55.8 Å². The number of halogens is 1. The summed E-state index contributed by atoms with van der Waals surface area (Å²) in [6.45, 7) is 6.79. The summed E-state index contributed by atoms with van der Waals surface area (Å²) in [6.07, 6.45) is 0. The van der Waals surface area contributed by atoms with E-state index in [2.05, 4.69) is 18.7 Å². The third kappa shape index (κ3) is 4.60. The average Bonchev–Trinajstić information content (AvgIpc) is 3.05. The zero-order valence-electron chi connectivity index (χ0n) is 18.0. The summed E-state index contributed by atoms with van der Waals surface area (Å²) in [4.78, 5) is 29.8. The predicted octanol–water partition coefficient (Wildman–Crippen LogP) is 4.11. The summed E-state index contributed by atoms with van der Waals surface area (Å²) in [7, 11) is 1.50. The SMILES string of the molecule is CCN(CC)CCN1C(=O)C(=O)/C(=C(/O)c2cc(OC)ccc2Cl)C1c1ccccc1. The number of amides is 1. The van der Waals surface area contributed by atoms with Crippen molar-refractivity contribution in [3.8, 4) is 5.75 Å². The number of aliphatic hydroxyl groups is 1. The van der Waals surface area contributed by atoms with E-state index in [1.165, 1.54) is 12.0 Å². The Kier molecular flexibility index (Phi) is 7.36. The molecule has 164 valence electrons. The molecule has 1 aliphatic rings. The molecular weight excluding hydrogens is 416 g/mol. The van der Waals surface area contributed by atoms with Crippen molar-refractivity contribution in [3.05, 3.63) is 70.3 Å². The van der Waals surface area contributed by atoms with Gasteiger partial charge in [0, 0.05) is 18.7 Å². The second kappa shape index (κ2) is 9.98. The van der Waals surface area contributed by atoms with Gasteiger partial charge in [-0.15, -0.1) is 0 Å². The van der Waals surface area contributed by atoms with E-state index in [1.54, 1.807) is 18.2 Å². The van der Waals surface area contributed by atoms with Gasteiger partial charge in [-0.3, -0.25) is 9.59 Å². The molecule has 1 heterocycles. The Hall–Kier alpha value is -2.83. The second-order valence-corrected chi connectivity index (χ2v) is 7.68. The van der Waals surface area contributed by atoms with Crippen LogP contribution in [0, 0.1) is 0 Å². The fourth-order valence-corrected chi connectivity index (χ4v) is 4.05. The molecule has 1 fully saturated rings. The Bertz CT molecular complexity index is 986. The lowest BCUT2D eigenvalue weighted by Gasteiger charge is -2.28. The molecule has 2 aromatic rings. The number of hydrogen-bond donors (Lipinski definition) is 1. The first kappa shape index (κ1) is 22.8. The van der Waals surface area contributed by atoms with Crippen molar-refractivity contribution in [2.24, 2.45) is 0 Å². The Labute approximate surface area is 187 Å². The summed E-state index contributed by atoms with van der Waals surface area (Å²) < 4.78 is 5.23. The Morgan fingerprint density at radius 3 is 2.42 bits per heavy atom. The van der Waals surface area contributed by atoms with Crippen molar-refractivity contribution in [2.75, 3.05) is 33.3 Å². The van der Waals surface area contributed by atoms with Crippen LogP contribution < -0.4 is 4.74 Å². The van der Waals surface area contributed by atoms with E-state index >= 15 is 0 Å². The molecule has 0 aliphatic carbocycles. The molecule has 2 aromatic carbocycles. The van der Waals surface area contributed by atoms with Crippen LogP contribution >= 0.6 is 11.6 Å². The minimum Gasteiger partial charge on any atom is -0.507 e. The van der Waals surface area contributed by atoms with E-state index in [1.807, 2.05) is 30.3 Å². The van der Waals surface area contributed by atoms with Gasteiger partial charge in [0.25, 0.3) is 11.7 Å². The number of methoxy groups -OCH3 is 1. The summed E-state index contributed by atoms with van der Waals surface area (Å²) in [5.41, 5.74) is 1.04. The molecule has 1 N–H and O–H groups in total. The van der Waals surface area contributed by atoms with Crippen molar-refractivity contribution in [3.63, 3.8) is 0 Å². The quantitative estimate of drug-likeness (QED) is 0.378. The van der Waals surface area contributed by atoms with Gasteiger partial charge >= 0.3 is 0 Å². The van der Waals surface area contributed by atoms with Gasteiger partial charge < -0.3 is 19.6 Å². The van der Waals surface area contributed by atoms with Crippen molar-refractivity contribution >= 4 is 29.1 Å². The summed E-state index contributed by atoms with van der Waals surface area (Å²) in [5.74, 6) is -1.16. The molecule has 1 saturated heterocycles. The van der Waals surface area contributed by atoms with Crippen LogP contribution in [0.25, 0.3) is 5.76 Å². The standard InChI is InChI=1S/C24H27ClN2O4/c1-4-26(5-2)13-14-27-21(16-9-7-6-8-10-16)20(23(29)24(27)30)22(28)18-15-17(31-3)11-12-19(18)25/h6-12,15,21,28H,4-5,13-14H2,1-3H3/b22-20+.